The van der Waals surface area contributed by atoms with E-state index in [-0.39, 0.29) is 17.0 Å². The minimum Gasteiger partial charge on any atom is -0.363 e. The number of carbonyl (C=O) groups excluding carboxylic acids is 1. The SMILES string of the molecule is CC(C)c1ccc2c(c1)NC(C13CCC(CC1=O)C3(C)C)N2. The van der Waals surface area contributed by atoms with Crippen LogP contribution in [0.5, 0.6) is 0 Å². The van der Waals surface area contributed by atoms with Gasteiger partial charge in [-0.1, -0.05) is 33.8 Å². The van der Waals surface area contributed by atoms with Crippen molar-refractivity contribution in [1.29, 1.82) is 0 Å². The van der Waals surface area contributed by atoms with E-state index in [4.69, 9.17) is 0 Å². The van der Waals surface area contributed by atoms with Crippen LogP contribution < -0.4 is 10.6 Å². The maximum atomic E-state index is 12.8. The van der Waals surface area contributed by atoms with E-state index in [1.807, 2.05) is 0 Å². The molecule has 1 aromatic carbocycles. The first-order valence-electron chi connectivity index (χ1n) is 8.56. The van der Waals surface area contributed by atoms with E-state index >= 15 is 0 Å². The minimum atomic E-state index is -0.255. The summed E-state index contributed by atoms with van der Waals surface area (Å²) in [6, 6.07) is 6.59. The molecule has 0 aromatic heterocycles. The number of anilines is 2. The summed E-state index contributed by atoms with van der Waals surface area (Å²) in [5, 5.41) is 7.26. The van der Waals surface area contributed by atoms with Crippen molar-refractivity contribution < 1.29 is 4.79 Å². The lowest BCUT2D eigenvalue weighted by atomic mass is 9.67. The first kappa shape index (κ1) is 14.1. The largest absolute Gasteiger partial charge is 0.363 e. The van der Waals surface area contributed by atoms with Crippen molar-refractivity contribution in [3.63, 3.8) is 0 Å². The van der Waals surface area contributed by atoms with Crippen LogP contribution >= 0.6 is 0 Å². The third-order valence-electron chi connectivity index (χ3n) is 6.79. The highest BCUT2D eigenvalue weighted by Gasteiger charge is 2.68. The number of Topliss-reactive ketones (excluding diaryl/α,β-unsaturated/α-hetero) is 1. The fourth-order valence-corrected chi connectivity index (χ4v) is 5.15. The molecule has 2 bridgehead atoms. The highest BCUT2D eigenvalue weighted by molar-refractivity contribution is 5.92. The third kappa shape index (κ3) is 1.55. The van der Waals surface area contributed by atoms with Crippen molar-refractivity contribution in [3.8, 4) is 0 Å². The maximum absolute atomic E-state index is 12.8. The summed E-state index contributed by atoms with van der Waals surface area (Å²) in [7, 11) is 0. The van der Waals surface area contributed by atoms with Crippen LogP contribution in [-0.4, -0.2) is 11.9 Å². The molecule has 2 saturated carbocycles. The Labute approximate surface area is 132 Å². The molecule has 0 amide bonds. The van der Waals surface area contributed by atoms with Gasteiger partial charge in [0.15, 0.2) is 0 Å². The average Bonchev–Trinajstić information content (AvgIpc) is 3.04. The number of fused-ring (bicyclic) bond motifs is 3. The Hall–Kier alpha value is -1.51. The Morgan fingerprint density at radius 2 is 1.91 bits per heavy atom. The Kier molecular flexibility index (Phi) is 2.74. The van der Waals surface area contributed by atoms with Crippen molar-refractivity contribution in [2.24, 2.45) is 16.7 Å². The van der Waals surface area contributed by atoms with Gasteiger partial charge in [-0.15, -0.1) is 0 Å². The van der Waals surface area contributed by atoms with E-state index in [0.717, 1.165) is 24.2 Å². The van der Waals surface area contributed by atoms with E-state index in [2.05, 4.69) is 56.5 Å². The molecule has 0 radical (unpaired) electrons. The van der Waals surface area contributed by atoms with Crippen LogP contribution in [0.1, 0.15) is 58.4 Å². The van der Waals surface area contributed by atoms with Gasteiger partial charge in [-0.25, -0.2) is 0 Å². The zero-order chi connectivity index (χ0) is 15.7. The van der Waals surface area contributed by atoms with Gasteiger partial charge in [-0.3, -0.25) is 4.79 Å². The Morgan fingerprint density at radius 3 is 2.50 bits per heavy atom. The van der Waals surface area contributed by atoms with E-state index in [9.17, 15) is 4.79 Å². The second-order valence-corrected chi connectivity index (χ2v) is 8.24. The van der Waals surface area contributed by atoms with Gasteiger partial charge in [0.2, 0.25) is 0 Å². The summed E-state index contributed by atoms with van der Waals surface area (Å²) in [5.41, 5.74) is 3.46. The lowest BCUT2D eigenvalue weighted by molar-refractivity contribution is -0.129. The number of benzene rings is 1. The summed E-state index contributed by atoms with van der Waals surface area (Å²) in [5.74, 6) is 1.53. The first-order valence-corrected chi connectivity index (χ1v) is 8.56. The highest BCUT2D eigenvalue weighted by atomic mass is 16.1. The van der Waals surface area contributed by atoms with Gasteiger partial charge in [0.05, 0.1) is 16.8 Å². The number of ketones is 1. The molecular weight excluding hydrogens is 272 g/mol. The fourth-order valence-electron chi connectivity index (χ4n) is 5.15. The second kappa shape index (κ2) is 4.27. The van der Waals surface area contributed by atoms with Gasteiger partial charge in [-0.05, 0) is 47.8 Å². The van der Waals surface area contributed by atoms with Gasteiger partial charge in [-0.2, -0.15) is 0 Å². The van der Waals surface area contributed by atoms with Gasteiger partial charge >= 0.3 is 0 Å². The van der Waals surface area contributed by atoms with Gasteiger partial charge in [0.25, 0.3) is 0 Å². The molecule has 1 aromatic rings. The molecule has 3 aliphatic rings. The molecule has 0 saturated heterocycles. The lowest BCUT2D eigenvalue weighted by Gasteiger charge is -2.41. The molecule has 3 atom stereocenters. The molecule has 2 aliphatic carbocycles. The summed E-state index contributed by atoms with van der Waals surface area (Å²) in [4.78, 5) is 12.8. The molecule has 118 valence electrons. The summed E-state index contributed by atoms with van der Waals surface area (Å²) >= 11 is 0. The predicted octanol–water partition coefficient (Wildman–Crippen LogP) is 4.37. The van der Waals surface area contributed by atoms with Crippen LogP contribution in [0.15, 0.2) is 18.2 Å². The number of carbonyl (C=O) groups is 1. The number of rotatable bonds is 2. The first-order chi connectivity index (χ1) is 10.4. The van der Waals surface area contributed by atoms with Crippen molar-refractivity contribution >= 4 is 17.2 Å². The average molecular weight is 298 g/mol. The smallest absolute Gasteiger partial charge is 0.143 e. The lowest BCUT2D eigenvalue weighted by Crippen LogP contribution is -2.51. The van der Waals surface area contributed by atoms with Crippen molar-refractivity contribution in [1.82, 2.24) is 0 Å². The Balaban J connectivity index is 1.70. The number of nitrogens with one attached hydrogen (secondary N) is 2. The van der Waals surface area contributed by atoms with Gasteiger partial charge in [0.1, 0.15) is 11.9 Å². The quantitative estimate of drug-likeness (QED) is 0.852. The van der Waals surface area contributed by atoms with E-state index in [0.29, 0.717) is 17.6 Å². The third-order valence-corrected chi connectivity index (χ3v) is 6.79. The number of hydrogen-bond acceptors (Lipinski definition) is 3. The predicted molar refractivity (Wildman–Crippen MR) is 90.1 cm³/mol. The van der Waals surface area contributed by atoms with Crippen LogP contribution in [0.4, 0.5) is 11.4 Å². The van der Waals surface area contributed by atoms with Gasteiger partial charge in [0, 0.05) is 6.42 Å². The maximum Gasteiger partial charge on any atom is 0.143 e. The van der Waals surface area contributed by atoms with E-state index in [1.54, 1.807) is 0 Å². The zero-order valence-corrected chi connectivity index (χ0v) is 14.0. The van der Waals surface area contributed by atoms with Crippen LogP contribution in [0.25, 0.3) is 0 Å². The molecule has 0 spiro atoms. The normalized spacial score (nSPS) is 34.7. The summed E-state index contributed by atoms with van der Waals surface area (Å²) < 4.78 is 0. The molecule has 1 aliphatic heterocycles. The zero-order valence-electron chi connectivity index (χ0n) is 14.0. The molecule has 4 rings (SSSR count). The molecule has 22 heavy (non-hydrogen) atoms. The summed E-state index contributed by atoms with van der Waals surface area (Å²) in [6.45, 7) is 9.01. The van der Waals surface area contributed by atoms with Crippen molar-refractivity contribution in [2.75, 3.05) is 10.6 Å². The van der Waals surface area contributed by atoms with Crippen molar-refractivity contribution in [3.05, 3.63) is 23.8 Å². The van der Waals surface area contributed by atoms with Gasteiger partial charge < -0.3 is 10.6 Å². The van der Waals surface area contributed by atoms with Crippen molar-refractivity contribution in [2.45, 2.75) is 59.0 Å². The molecule has 3 heteroatoms. The molecule has 3 unspecified atom stereocenters. The molecule has 1 heterocycles. The molecule has 2 N–H and O–H groups in total. The minimum absolute atomic E-state index is 0.0416. The molecular formula is C19H26N2O. The Bertz CT molecular complexity index is 649. The number of hydrogen-bond donors (Lipinski definition) is 2. The molecule has 3 nitrogen and oxygen atoms in total. The monoisotopic (exact) mass is 298 g/mol. The van der Waals surface area contributed by atoms with E-state index in [1.165, 1.54) is 12.0 Å². The van der Waals surface area contributed by atoms with Crippen LogP contribution in [0.2, 0.25) is 0 Å². The van der Waals surface area contributed by atoms with Crippen LogP contribution in [0.3, 0.4) is 0 Å². The highest BCUT2D eigenvalue weighted by Crippen LogP contribution is 2.66. The second-order valence-electron chi connectivity index (χ2n) is 8.24. The van der Waals surface area contributed by atoms with Crippen LogP contribution in [-0.2, 0) is 4.79 Å². The van der Waals surface area contributed by atoms with E-state index < -0.39 is 0 Å². The fraction of sp³-hybridized carbons (Fsp3) is 0.632. The van der Waals surface area contributed by atoms with Crippen LogP contribution in [0, 0.1) is 16.7 Å². The Morgan fingerprint density at radius 1 is 1.18 bits per heavy atom. The standard InChI is InChI=1S/C19H26N2O/c1-11(2)12-5-6-14-15(9-12)21-17(20-14)19-8-7-13(10-16(19)22)18(19,3)4/h5-6,9,11,13,17,20-21H,7-8,10H2,1-4H3. The topological polar surface area (TPSA) is 41.1 Å². The molecule has 2 fully saturated rings. The summed E-state index contributed by atoms with van der Waals surface area (Å²) in [6.07, 6.45) is 3.01.